The van der Waals surface area contributed by atoms with Gasteiger partial charge in [0.15, 0.2) is 0 Å². The monoisotopic (exact) mass is 235 g/mol. The lowest BCUT2D eigenvalue weighted by Gasteiger charge is -2.19. The van der Waals surface area contributed by atoms with Crippen LogP contribution in [0, 0.1) is 0 Å². The van der Waals surface area contributed by atoms with Crippen molar-refractivity contribution in [2.75, 3.05) is 0 Å². The highest BCUT2D eigenvalue weighted by Gasteiger charge is 2.20. The number of hydrogen-bond donors (Lipinski definition) is 0. The molecule has 0 aliphatic heterocycles. The minimum absolute atomic E-state index is 0.273. The topological polar surface area (TPSA) is 39.2 Å². The van der Waals surface area contributed by atoms with Gasteiger partial charge in [0.2, 0.25) is 0 Å². The second kappa shape index (κ2) is 3.87. The highest BCUT2D eigenvalue weighted by molar-refractivity contribution is 7.17. The molecule has 2 rings (SSSR count). The van der Waals surface area contributed by atoms with E-state index in [-0.39, 0.29) is 5.97 Å². The standard InChI is InChI=1S/C12H13NO2S/c1-12(2,3)15-11(14)9-7-16-10-6-13-5-4-8(9)10/h4-7H,1-3H3. The number of nitrogens with zero attached hydrogens (tertiary/aromatic N) is 1. The van der Waals surface area contributed by atoms with E-state index in [9.17, 15) is 4.79 Å². The van der Waals surface area contributed by atoms with Gasteiger partial charge in [-0.2, -0.15) is 0 Å². The van der Waals surface area contributed by atoms with Crippen LogP contribution in [0.5, 0.6) is 0 Å². The summed E-state index contributed by atoms with van der Waals surface area (Å²) in [5.74, 6) is -0.273. The van der Waals surface area contributed by atoms with Crippen LogP contribution in [0.2, 0.25) is 0 Å². The van der Waals surface area contributed by atoms with Gasteiger partial charge in [-0.05, 0) is 26.8 Å². The number of ether oxygens (including phenoxy) is 1. The summed E-state index contributed by atoms with van der Waals surface area (Å²) in [5, 5.41) is 2.73. The summed E-state index contributed by atoms with van der Waals surface area (Å²) < 4.78 is 6.34. The fourth-order valence-corrected chi connectivity index (χ4v) is 2.27. The molecule has 3 nitrogen and oxygen atoms in total. The van der Waals surface area contributed by atoms with Crippen LogP contribution in [0.15, 0.2) is 23.8 Å². The third-order valence-electron chi connectivity index (χ3n) is 2.00. The van der Waals surface area contributed by atoms with Crippen molar-refractivity contribution >= 4 is 27.4 Å². The molecule has 84 valence electrons. The third kappa shape index (κ3) is 2.22. The van der Waals surface area contributed by atoms with Gasteiger partial charge in [0, 0.05) is 23.2 Å². The highest BCUT2D eigenvalue weighted by atomic mass is 32.1. The number of thiophene rings is 1. The molecule has 0 saturated heterocycles. The summed E-state index contributed by atoms with van der Waals surface area (Å²) in [4.78, 5) is 15.9. The van der Waals surface area contributed by atoms with E-state index in [0.29, 0.717) is 5.56 Å². The molecule has 0 fully saturated rings. The first-order chi connectivity index (χ1) is 7.47. The Kier molecular flexibility index (Phi) is 2.68. The van der Waals surface area contributed by atoms with Crippen molar-refractivity contribution in [3.8, 4) is 0 Å². The number of hydrogen-bond acceptors (Lipinski definition) is 4. The molecule has 0 spiro atoms. The molecule has 0 saturated carbocycles. The van der Waals surface area contributed by atoms with Crippen LogP contribution in [0.1, 0.15) is 31.1 Å². The molecule has 0 aliphatic carbocycles. The molecule has 0 radical (unpaired) electrons. The first-order valence-electron chi connectivity index (χ1n) is 5.02. The SMILES string of the molecule is CC(C)(C)OC(=O)c1csc2cnccc12. The molecule has 2 aromatic heterocycles. The largest absolute Gasteiger partial charge is 0.456 e. The lowest BCUT2D eigenvalue weighted by molar-refractivity contribution is 0.00724. The number of carbonyl (C=O) groups is 1. The van der Waals surface area contributed by atoms with Crippen molar-refractivity contribution in [2.45, 2.75) is 26.4 Å². The van der Waals surface area contributed by atoms with Crippen LogP contribution in [-0.2, 0) is 4.74 Å². The van der Waals surface area contributed by atoms with Gasteiger partial charge >= 0.3 is 5.97 Å². The lowest BCUT2D eigenvalue weighted by atomic mass is 10.1. The molecule has 0 unspecified atom stereocenters. The molecule has 16 heavy (non-hydrogen) atoms. The number of aromatic nitrogens is 1. The van der Waals surface area contributed by atoms with Gasteiger partial charge in [0.05, 0.1) is 10.3 Å². The molecule has 2 aromatic rings. The number of esters is 1. The van der Waals surface area contributed by atoms with Gasteiger partial charge in [-0.15, -0.1) is 11.3 Å². The Morgan fingerprint density at radius 3 is 2.88 bits per heavy atom. The summed E-state index contributed by atoms with van der Waals surface area (Å²) in [6, 6.07) is 1.84. The van der Waals surface area contributed by atoms with E-state index >= 15 is 0 Å². The van der Waals surface area contributed by atoms with Gasteiger partial charge in [0.1, 0.15) is 5.60 Å². The fourth-order valence-electron chi connectivity index (χ4n) is 1.37. The summed E-state index contributed by atoms with van der Waals surface area (Å²) in [7, 11) is 0. The van der Waals surface area contributed by atoms with E-state index < -0.39 is 5.60 Å². The minimum Gasteiger partial charge on any atom is -0.456 e. The molecular weight excluding hydrogens is 222 g/mol. The van der Waals surface area contributed by atoms with Crippen molar-refractivity contribution in [1.29, 1.82) is 0 Å². The van der Waals surface area contributed by atoms with Gasteiger partial charge < -0.3 is 4.74 Å². The van der Waals surface area contributed by atoms with E-state index in [1.54, 1.807) is 12.4 Å². The van der Waals surface area contributed by atoms with E-state index in [0.717, 1.165) is 10.1 Å². The molecule has 0 aliphatic rings. The lowest BCUT2D eigenvalue weighted by Crippen LogP contribution is -2.23. The first kappa shape index (κ1) is 11.1. The van der Waals surface area contributed by atoms with Crippen molar-refractivity contribution in [3.63, 3.8) is 0 Å². The van der Waals surface area contributed by atoms with Crippen LogP contribution in [0.25, 0.3) is 10.1 Å². The third-order valence-corrected chi connectivity index (χ3v) is 2.93. The van der Waals surface area contributed by atoms with E-state index in [1.165, 1.54) is 11.3 Å². The normalized spacial score (nSPS) is 11.7. The first-order valence-corrected chi connectivity index (χ1v) is 5.90. The maximum absolute atomic E-state index is 11.9. The molecular formula is C12H13NO2S. The number of rotatable bonds is 1. The predicted molar refractivity (Wildman–Crippen MR) is 64.8 cm³/mol. The Balaban J connectivity index is 2.37. The van der Waals surface area contributed by atoms with Gasteiger partial charge in [0.25, 0.3) is 0 Å². The average Bonchev–Trinajstić information content (AvgIpc) is 2.58. The second-order valence-corrected chi connectivity index (χ2v) is 5.43. The van der Waals surface area contributed by atoms with E-state index in [1.807, 2.05) is 32.2 Å². The fraction of sp³-hybridized carbons (Fsp3) is 0.333. The van der Waals surface area contributed by atoms with Crippen LogP contribution < -0.4 is 0 Å². The zero-order chi connectivity index (χ0) is 11.8. The van der Waals surface area contributed by atoms with Crippen molar-refractivity contribution < 1.29 is 9.53 Å². The molecule has 0 atom stereocenters. The van der Waals surface area contributed by atoms with Crippen molar-refractivity contribution in [2.24, 2.45) is 0 Å². The van der Waals surface area contributed by atoms with Crippen LogP contribution in [-0.4, -0.2) is 16.6 Å². The van der Waals surface area contributed by atoms with E-state index in [2.05, 4.69) is 4.98 Å². The summed E-state index contributed by atoms with van der Waals surface area (Å²) >= 11 is 1.50. The molecule has 0 amide bonds. The summed E-state index contributed by atoms with van der Waals surface area (Å²) in [6.45, 7) is 5.59. The molecule has 0 N–H and O–H groups in total. The molecule has 4 heteroatoms. The molecule has 0 aromatic carbocycles. The molecule has 2 heterocycles. The number of fused-ring (bicyclic) bond motifs is 1. The summed E-state index contributed by atoms with van der Waals surface area (Å²) in [5.41, 5.74) is 0.163. The predicted octanol–water partition coefficient (Wildman–Crippen LogP) is 3.25. The van der Waals surface area contributed by atoms with Crippen LogP contribution in [0.4, 0.5) is 0 Å². The zero-order valence-corrected chi connectivity index (χ0v) is 10.3. The smallest absolute Gasteiger partial charge is 0.340 e. The van der Waals surface area contributed by atoms with Gasteiger partial charge in [-0.1, -0.05) is 0 Å². The quantitative estimate of drug-likeness (QED) is 0.712. The van der Waals surface area contributed by atoms with Crippen LogP contribution in [0.3, 0.4) is 0 Å². The Morgan fingerprint density at radius 2 is 2.19 bits per heavy atom. The Bertz CT molecular complexity index is 525. The Labute approximate surface area is 98.1 Å². The molecule has 0 bridgehead atoms. The second-order valence-electron chi connectivity index (χ2n) is 4.52. The Morgan fingerprint density at radius 1 is 1.44 bits per heavy atom. The maximum atomic E-state index is 11.9. The maximum Gasteiger partial charge on any atom is 0.340 e. The Hall–Kier alpha value is -1.42. The summed E-state index contributed by atoms with van der Waals surface area (Å²) in [6.07, 6.45) is 3.44. The van der Waals surface area contributed by atoms with Gasteiger partial charge in [-0.3, -0.25) is 4.98 Å². The van der Waals surface area contributed by atoms with E-state index in [4.69, 9.17) is 4.74 Å². The van der Waals surface area contributed by atoms with Gasteiger partial charge in [-0.25, -0.2) is 4.79 Å². The average molecular weight is 235 g/mol. The van der Waals surface area contributed by atoms with Crippen molar-refractivity contribution in [1.82, 2.24) is 4.98 Å². The van der Waals surface area contributed by atoms with Crippen LogP contribution >= 0.6 is 11.3 Å². The zero-order valence-electron chi connectivity index (χ0n) is 9.48. The highest BCUT2D eigenvalue weighted by Crippen LogP contribution is 2.26. The number of pyridine rings is 1. The minimum atomic E-state index is -0.460. The number of carbonyl (C=O) groups excluding carboxylic acids is 1. The van der Waals surface area contributed by atoms with Crippen molar-refractivity contribution in [3.05, 3.63) is 29.4 Å².